The van der Waals surface area contributed by atoms with Gasteiger partial charge in [-0.3, -0.25) is 9.89 Å². The maximum Gasteiger partial charge on any atom is 0.272 e. The van der Waals surface area contributed by atoms with Crippen molar-refractivity contribution in [2.75, 3.05) is 11.4 Å². The van der Waals surface area contributed by atoms with Crippen LogP contribution >= 0.6 is 11.6 Å². The molecule has 0 saturated heterocycles. The fraction of sp³-hybridized carbons (Fsp3) is 0.240. The van der Waals surface area contributed by atoms with Crippen LogP contribution < -0.4 is 14.4 Å². The van der Waals surface area contributed by atoms with Gasteiger partial charge < -0.3 is 15.2 Å². The van der Waals surface area contributed by atoms with Gasteiger partial charge in [-0.1, -0.05) is 17.7 Å². The van der Waals surface area contributed by atoms with E-state index in [1.54, 1.807) is 0 Å². The molecule has 1 aliphatic rings. The van der Waals surface area contributed by atoms with Gasteiger partial charge >= 0.3 is 0 Å². The number of thiol groups is 1. The third-order valence-electron chi connectivity index (χ3n) is 6.64. The standard InChI is InChI=1S/C25H21ClF3N5O5S/c1-39-25-17(9-11(26)10-30-25)34(40(37)38)16-8-7-14(27)19(21(16)29)12-5-6-13-22(20(12)28)32-33-23(13)24(36)31-15-3-2-4-18(15)35/h5-10,15,18,35,40H,2-4H2,1H3,(H,31,36)(H,32,33). The van der Waals surface area contributed by atoms with Crippen molar-refractivity contribution in [2.45, 2.75) is 31.4 Å². The quantitative estimate of drug-likeness (QED) is 0.237. The minimum atomic E-state index is -3.59. The van der Waals surface area contributed by atoms with Crippen LogP contribution in [0.25, 0.3) is 22.0 Å². The largest absolute Gasteiger partial charge is 0.479 e. The second kappa shape index (κ2) is 10.9. The molecule has 1 fully saturated rings. The number of hydrogen-bond donors (Lipinski definition) is 4. The van der Waals surface area contributed by atoms with Gasteiger partial charge in [-0.15, -0.1) is 0 Å². The maximum absolute atomic E-state index is 15.9. The highest BCUT2D eigenvalue weighted by atomic mass is 35.5. The van der Waals surface area contributed by atoms with Gasteiger partial charge in [0.15, 0.2) is 17.3 Å². The number of carbonyl (C=O) groups excluding carboxylic acids is 1. The van der Waals surface area contributed by atoms with Crippen molar-refractivity contribution in [3.8, 4) is 17.0 Å². The molecule has 1 aliphatic carbocycles. The van der Waals surface area contributed by atoms with E-state index in [1.165, 1.54) is 19.4 Å². The SMILES string of the molecule is COc1ncc(Cl)cc1N(c1ccc(F)c(-c2ccc3c(C(=O)NC4CCCC4O)n[nH]c3c2F)c1F)[SH](=O)=O. The van der Waals surface area contributed by atoms with E-state index in [9.17, 15) is 18.3 Å². The number of benzene rings is 2. The molecule has 1 saturated carbocycles. The zero-order valence-corrected chi connectivity index (χ0v) is 22.3. The molecule has 3 N–H and O–H groups in total. The first-order chi connectivity index (χ1) is 19.1. The minimum Gasteiger partial charge on any atom is -0.479 e. The Labute approximate surface area is 231 Å². The lowest BCUT2D eigenvalue weighted by Crippen LogP contribution is -2.40. The third-order valence-corrected chi connectivity index (χ3v) is 7.60. The molecule has 2 aromatic carbocycles. The number of aliphatic hydroxyl groups is 1. The fourth-order valence-corrected chi connectivity index (χ4v) is 5.55. The monoisotopic (exact) mass is 595 g/mol. The van der Waals surface area contributed by atoms with Gasteiger partial charge in [0.2, 0.25) is 16.8 Å². The molecule has 2 heterocycles. The van der Waals surface area contributed by atoms with Gasteiger partial charge in [-0.2, -0.15) is 5.10 Å². The summed E-state index contributed by atoms with van der Waals surface area (Å²) in [5.74, 6) is -4.56. The molecule has 10 nitrogen and oxygen atoms in total. The summed E-state index contributed by atoms with van der Waals surface area (Å²) >= 11 is 5.96. The molecule has 210 valence electrons. The highest BCUT2D eigenvalue weighted by Crippen LogP contribution is 2.40. The summed E-state index contributed by atoms with van der Waals surface area (Å²) in [4.78, 5) is 16.6. The number of aromatic nitrogens is 3. The molecule has 0 spiro atoms. The number of methoxy groups -OCH3 is 1. The molecule has 2 atom stereocenters. The van der Waals surface area contributed by atoms with Gasteiger partial charge in [0.25, 0.3) is 5.91 Å². The molecule has 40 heavy (non-hydrogen) atoms. The van der Waals surface area contributed by atoms with Crippen molar-refractivity contribution in [3.05, 3.63) is 64.7 Å². The van der Waals surface area contributed by atoms with Gasteiger partial charge in [-0.25, -0.2) is 30.9 Å². The van der Waals surface area contributed by atoms with Gasteiger partial charge in [0.05, 0.1) is 35.5 Å². The van der Waals surface area contributed by atoms with E-state index >= 15 is 13.2 Å². The number of ether oxygens (including phenoxy) is 1. The summed E-state index contributed by atoms with van der Waals surface area (Å²) in [6.07, 6.45) is 2.33. The molecule has 0 radical (unpaired) electrons. The molecule has 4 aromatic rings. The van der Waals surface area contributed by atoms with Crippen molar-refractivity contribution in [3.63, 3.8) is 0 Å². The number of anilines is 2. The van der Waals surface area contributed by atoms with E-state index in [1.807, 2.05) is 0 Å². The van der Waals surface area contributed by atoms with Crippen LogP contribution in [0.2, 0.25) is 5.02 Å². The summed E-state index contributed by atoms with van der Waals surface area (Å²) in [7, 11) is -2.38. The highest BCUT2D eigenvalue weighted by Gasteiger charge is 2.30. The van der Waals surface area contributed by atoms with Crippen LogP contribution in [0.1, 0.15) is 29.8 Å². The topological polar surface area (TPSA) is 138 Å². The maximum atomic E-state index is 15.9. The van der Waals surface area contributed by atoms with Crippen molar-refractivity contribution < 1.29 is 36.2 Å². The lowest BCUT2D eigenvalue weighted by Gasteiger charge is -2.21. The molecule has 0 aliphatic heterocycles. The molecule has 5 rings (SSSR count). The smallest absolute Gasteiger partial charge is 0.272 e. The molecule has 2 unspecified atom stereocenters. The molecular weight excluding hydrogens is 575 g/mol. The van der Waals surface area contributed by atoms with E-state index in [4.69, 9.17) is 16.3 Å². The molecule has 1 amide bonds. The Balaban J connectivity index is 1.59. The van der Waals surface area contributed by atoms with Crippen molar-refractivity contribution in [1.82, 2.24) is 20.5 Å². The number of pyridine rings is 1. The van der Waals surface area contributed by atoms with E-state index in [0.717, 1.165) is 30.7 Å². The summed E-state index contributed by atoms with van der Waals surface area (Å²) in [6.45, 7) is 0. The zero-order valence-electron chi connectivity index (χ0n) is 20.6. The average molecular weight is 596 g/mol. The van der Waals surface area contributed by atoms with Crippen LogP contribution in [0.3, 0.4) is 0 Å². The molecule has 2 aromatic heterocycles. The Morgan fingerprint density at radius 3 is 2.62 bits per heavy atom. The van der Waals surface area contributed by atoms with Crippen LogP contribution in [-0.4, -0.2) is 53.9 Å². The number of nitrogens with zero attached hydrogens (tertiary/aromatic N) is 3. The van der Waals surface area contributed by atoms with Gasteiger partial charge in [-0.05, 0) is 43.5 Å². The Morgan fingerprint density at radius 2 is 1.95 bits per heavy atom. The predicted octanol–water partition coefficient (Wildman–Crippen LogP) is 4.01. The zero-order chi connectivity index (χ0) is 28.7. The van der Waals surface area contributed by atoms with Crippen LogP contribution in [0, 0.1) is 17.5 Å². The first-order valence-electron chi connectivity index (χ1n) is 11.9. The van der Waals surface area contributed by atoms with E-state index in [-0.39, 0.29) is 33.2 Å². The van der Waals surface area contributed by atoms with E-state index in [0.29, 0.717) is 17.1 Å². The van der Waals surface area contributed by atoms with Crippen LogP contribution in [0.4, 0.5) is 24.5 Å². The molecular formula is C25H21ClF3N5O5S. The number of carbonyl (C=O) groups is 1. The Morgan fingerprint density at radius 1 is 1.18 bits per heavy atom. The minimum absolute atomic E-state index is 0.0124. The van der Waals surface area contributed by atoms with E-state index in [2.05, 4.69) is 20.5 Å². The number of amides is 1. The van der Waals surface area contributed by atoms with Crippen LogP contribution in [-0.2, 0) is 10.9 Å². The second-order valence-electron chi connectivity index (χ2n) is 8.99. The summed E-state index contributed by atoms with van der Waals surface area (Å²) < 4.78 is 76.7. The van der Waals surface area contributed by atoms with Crippen molar-refractivity contribution >= 4 is 50.7 Å². The number of hydrogen-bond acceptors (Lipinski definition) is 7. The number of rotatable bonds is 7. The first-order valence-corrected chi connectivity index (χ1v) is 13.4. The molecule has 15 heteroatoms. The van der Waals surface area contributed by atoms with E-state index < -0.39 is 63.2 Å². The highest BCUT2D eigenvalue weighted by molar-refractivity contribution is 7.74. The second-order valence-corrected chi connectivity index (χ2v) is 10.3. The number of H-pyrrole nitrogens is 1. The summed E-state index contributed by atoms with van der Waals surface area (Å²) in [5, 5.41) is 19.0. The third kappa shape index (κ3) is 4.82. The number of aliphatic hydroxyl groups excluding tert-OH is 1. The normalized spacial score (nSPS) is 17.0. The summed E-state index contributed by atoms with van der Waals surface area (Å²) in [6, 6.07) is 4.66. The average Bonchev–Trinajstić information content (AvgIpc) is 3.53. The number of aromatic amines is 1. The summed E-state index contributed by atoms with van der Waals surface area (Å²) in [5.41, 5.74) is -2.77. The Kier molecular flexibility index (Phi) is 7.57. The van der Waals surface area contributed by atoms with Crippen molar-refractivity contribution in [2.24, 2.45) is 0 Å². The van der Waals surface area contributed by atoms with Gasteiger partial charge in [0.1, 0.15) is 17.0 Å². The number of halogens is 4. The molecule has 0 bridgehead atoms. The number of fused-ring (bicyclic) bond motifs is 1. The van der Waals surface area contributed by atoms with Crippen molar-refractivity contribution in [1.29, 1.82) is 0 Å². The Hall–Kier alpha value is -3.88. The van der Waals surface area contributed by atoms with Gasteiger partial charge in [0, 0.05) is 17.1 Å². The predicted molar refractivity (Wildman–Crippen MR) is 141 cm³/mol. The fourth-order valence-electron chi connectivity index (χ4n) is 4.75. The lowest BCUT2D eigenvalue weighted by molar-refractivity contribution is 0.0870. The lowest BCUT2D eigenvalue weighted by atomic mass is 10.0. The Bertz CT molecular complexity index is 1710. The van der Waals surface area contributed by atoms with Crippen LogP contribution in [0.5, 0.6) is 5.88 Å². The number of nitrogens with one attached hydrogen (secondary N) is 2. The van der Waals surface area contributed by atoms with Crippen LogP contribution in [0.15, 0.2) is 36.5 Å². The first kappa shape index (κ1) is 27.7.